The summed E-state index contributed by atoms with van der Waals surface area (Å²) in [6.45, 7) is 3.20. The van der Waals surface area contributed by atoms with E-state index in [1.165, 1.54) is 0 Å². The van der Waals surface area contributed by atoms with Gasteiger partial charge in [0.25, 0.3) is 5.91 Å². The van der Waals surface area contributed by atoms with Crippen LogP contribution in [0, 0.1) is 6.92 Å². The van der Waals surface area contributed by atoms with Gasteiger partial charge in [-0.2, -0.15) is 0 Å². The van der Waals surface area contributed by atoms with E-state index in [9.17, 15) is 14.4 Å². The number of urea groups is 1. The van der Waals surface area contributed by atoms with Gasteiger partial charge in [0.15, 0.2) is 5.75 Å². The van der Waals surface area contributed by atoms with Gasteiger partial charge in [0, 0.05) is 0 Å². The van der Waals surface area contributed by atoms with E-state index in [1.54, 1.807) is 55.5 Å². The normalized spacial score (nSPS) is 17.8. The lowest BCUT2D eigenvalue weighted by Gasteiger charge is -2.22. The highest BCUT2D eigenvalue weighted by Gasteiger charge is 2.49. The molecule has 0 aromatic heterocycles. The molecule has 0 unspecified atom stereocenters. The van der Waals surface area contributed by atoms with Crippen molar-refractivity contribution in [2.75, 3.05) is 11.9 Å². The molecule has 0 radical (unpaired) electrons. The predicted octanol–water partition coefficient (Wildman–Crippen LogP) is 4.19. The Morgan fingerprint density at radius 1 is 0.969 bits per heavy atom. The number of carbonyl (C=O) groups excluding carboxylic acids is 3. The Hall–Kier alpha value is -4.13. The molecule has 2 N–H and O–H groups in total. The van der Waals surface area contributed by atoms with Crippen molar-refractivity contribution in [2.24, 2.45) is 0 Å². The van der Waals surface area contributed by atoms with Crippen molar-refractivity contribution in [1.82, 2.24) is 10.2 Å². The van der Waals surface area contributed by atoms with Crippen molar-refractivity contribution < 1.29 is 19.1 Å². The Morgan fingerprint density at radius 2 is 1.62 bits per heavy atom. The topological polar surface area (TPSA) is 87.7 Å². The summed E-state index contributed by atoms with van der Waals surface area (Å²) in [6, 6.07) is 22.8. The standard InChI is InChI=1S/C25H23N3O4/c1-17-12-14-19(15-13-17)32-21-11-7-6-10-20(21)26-22(29)16-28-23(30)25(2,27-24(28)31)18-8-4-3-5-9-18/h3-15H,16H2,1-2H3,(H,26,29)(H,27,31)/t25-/m1/s1. The number of ether oxygens (including phenoxy) is 1. The lowest BCUT2D eigenvalue weighted by atomic mass is 9.92. The summed E-state index contributed by atoms with van der Waals surface area (Å²) in [4.78, 5) is 39.1. The van der Waals surface area contributed by atoms with Crippen LogP contribution in [0.15, 0.2) is 78.9 Å². The van der Waals surface area contributed by atoms with Crippen LogP contribution in [0.3, 0.4) is 0 Å². The summed E-state index contributed by atoms with van der Waals surface area (Å²) in [7, 11) is 0. The molecule has 32 heavy (non-hydrogen) atoms. The number of aryl methyl sites for hydroxylation is 1. The summed E-state index contributed by atoms with van der Waals surface area (Å²) in [5.74, 6) is 0.0971. The Balaban J connectivity index is 1.47. The van der Waals surface area contributed by atoms with Crippen LogP contribution in [0.5, 0.6) is 11.5 Å². The lowest BCUT2D eigenvalue weighted by molar-refractivity contribution is -0.133. The van der Waals surface area contributed by atoms with Gasteiger partial charge in [0.2, 0.25) is 5.91 Å². The van der Waals surface area contributed by atoms with Crippen molar-refractivity contribution in [3.05, 3.63) is 90.0 Å². The smallest absolute Gasteiger partial charge is 0.325 e. The Bertz CT molecular complexity index is 1160. The minimum Gasteiger partial charge on any atom is -0.455 e. The molecule has 1 heterocycles. The van der Waals surface area contributed by atoms with Crippen LogP contribution in [0.1, 0.15) is 18.1 Å². The van der Waals surface area contributed by atoms with Gasteiger partial charge < -0.3 is 15.4 Å². The number of amides is 4. The molecule has 1 fully saturated rings. The number of hydrogen-bond donors (Lipinski definition) is 2. The number of carbonyl (C=O) groups is 3. The molecule has 7 heteroatoms. The molecule has 1 saturated heterocycles. The van der Waals surface area contributed by atoms with Gasteiger partial charge in [0.1, 0.15) is 17.8 Å². The summed E-state index contributed by atoms with van der Waals surface area (Å²) in [5, 5.41) is 5.44. The molecule has 3 aromatic carbocycles. The Kier molecular flexibility index (Phi) is 5.64. The van der Waals surface area contributed by atoms with Crippen LogP contribution in [0.4, 0.5) is 10.5 Å². The number of para-hydroxylation sites is 2. The third kappa shape index (κ3) is 4.18. The molecule has 0 aliphatic carbocycles. The fourth-order valence-electron chi connectivity index (χ4n) is 3.53. The molecule has 1 aliphatic heterocycles. The fraction of sp³-hybridized carbons (Fsp3) is 0.160. The van der Waals surface area contributed by atoms with Crippen molar-refractivity contribution >= 4 is 23.5 Å². The number of hydrogen-bond acceptors (Lipinski definition) is 4. The first-order chi connectivity index (χ1) is 15.4. The lowest BCUT2D eigenvalue weighted by Crippen LogP contribution is -2.42. The van der Waals surface area contributed by atoms with Crippen molar-refractivity contribution in [2.45, 2.75) is 19.4 Å². The zero-order valence-corrected chi connectivity index (χ0v) is 17.8. The second-order valence-electron chi connectivity index (χ2n) is 7.77. The van der Waals surface area contributed by atoms with E-state index in [0.717, 1.165) is 10.5 Å². The third-order valence-corrected chi connectivity index (χ3v) is 5.34. The zero-order valence-electron chi connectivity index (χ0n) is 17.8. The summed E-state index contributed by atoms with van der Waals surface area (Å²) >= 11 is 0. The quantitative estimate of drug-likeness (QED) is 0.575. The van der Waals surface area contributed by atoms with Crippen LogP contribution < -0.4 is 15.4 Å². The molecular weight excluding hydrogens is 406 g/mol. The Labute approximate surface area is 186 Å². The maximum Gasteiger partial charge on any atom is 0.325 e. The van der Waals surface area contributed by atoms with Gasteiger partial charge in [-0.3, -0.25) is 14.5 Å². The second kappa shape index (κ2) is 8.55. The van der Waals surface area contributed by atoms with Gasteiger partial charge in [-0.1, -0.05) is 60.2 Å². The molecule has 4 amide bonds. The van der Waals surface area contributed by atoms with E-state index in [0.29, 0.717) is 22.7 Å². The number of nitrogens with zero attached hydrogens (tertiary/aromatic N) is 1. The van der Waals surface area contributed by atoms with E-state index >= 15 is 0 Å². The average Bonchev–Trinajstić information content (AvgIpc) is 3.01. The number of benzene rings is 3. The van der Waals surface area contributed by atoms with Crippen molar-refractivity contribution in [1.29, 1.82) is 0 Å². The van der Waals surface area contributed by atoms with Crippen LogP contribution in [-0.2, 0) is 15.1 Å². The van der Waals surface area contributed by atoms with Gasteiger partial charge in [-0.05, 0) is 43.7 Å². The maximum atomic E-state index is 13.0. The van der Waals surface area contributed by atoms with Gasteiger partial charge in [-0.25, -0.2) is 4.79 Å². The largest absolute Gasteiger partial charge is 0.455 e. The number of nitrogens with one attached hydrogen (secondary N) is 2. The molecule has 162 valence electrons. The fourth-order valence-corrected chi connectivity index (χ4v) is 3.53. The van der Waals surface area contributed by atoms with Crippen molar-refractivity contribution in [3.63, 3.8) is 0 Å². The van der Waals surface area contributed by atoms with E-state index in [1.807, 2.05) is 37.3 Å². The van der Waals surface area contributed by atoms with Gasteiger partial charge in [0.05, 0.1) is 5.69 Å². The minimum atomic E-state index is -1.22. The van der Waals surface area contributed by atoms with E-state index in [4.69, 9.17) is 4.74 Å². The minimum absolute atomic E-state index is 0.411. The molecule has 0 saturated carbocycles. The van der Waals surface area contributed by atoms with Crippen molar-refractivity contribution in [3.8, 4) is 11.5 Å². The average molecular weight is 429 g/mol. The molecular formula is C25H23N3O4. The van der Waals surface area contributed by atoms with Crippen LogP contribution in [0.2, 0.25) is 0 Å². The molecule has 0 bridgehead atoms. The van der Waals surface area contributed by atoms with Crippen LogP contribution in [-0.4, -0.2) is 29.3 Å². The highest BCUT2D eigenvalue weighted by molar-refractivity contribution is 6.10. The SMILES string of the molecule is Cc1ccc(Oc2ccccc2NC(=O)CN2C(=O)N[C@](C)(c3ccccc3)C2=O)cc1. The molecule has 0 spiro atoms. The zero-order chi connectivity index (χ0) is 22.7. The monoisotopic (exact) mass is 429 g/mol. The van der Waals surface area contributed by atoms with E-state index in [-0.39, 0.29) is 0 Å². The first kappa shape index (κ1) is 21.1. The Morgan fingerprint density at radius 3 is 2.34 bits per heavy atom. The number of imide groups is 1. The van der Waals surface area contributed by atoms with E-state index < -0.39 is 29.9 Å². The summed E-state index contributed by atoms with van der Waals surface area (Å²) in [5.41, 5.74) is 0.981. The predicted molar refractivity (Wildman–Crippen MR) is 120 cm³/mol. The molecule has 3 aromatic rings. The summed E-state index contributed by atoms with van der Waals surface area (Å²) < 4.78 is 5.89. The molecule has 1 atom stereocenters. The highest BCUT2D eigenvalue weighted by atomic mass is 16.5. The highest BCUT2D eigenvalue weighted by Crippen LogP contribution is 2.31. The van der Waals surface area contributed by atoms with Gasteiger partial charge >= 0.3 is 6.03 Å². The van der Waals surface area contributed by atoms with Gasteiger partial charge in [-0.15, -0.1) is 0 Å². The van der Waals surface area contributed by atoms with Crippen LogP contribution >= 0.6 is 0 Å². The molecule has 4 rings (SSSR count). The third-order valence-electron chi connectivity index (χ3n) is 5.34. The second-order valence-corrected chi connectivity index (χ2v) is 7.77. The number of rotatable bonds is 6. The first-order valence-electron chi connectivity index (χ1n) is 10.2. The molecule has 1 aliphatic rings. The maximum absolute atomic E-state index is 13.0. The first-order valence-corrected chi connectivity index (χ1v) is 10.2. The summed E-state index contributed by atoms with van der Waals surface area (Å²) in [6.07, 6.45) is 0. The number of anilines is 1. The van der Waals surface area contributed by atoms with Crippen LogP contribution in [0.25, 0.3) is 0 Å². The van der Waals surface area contributed by atoms with E-state index in [2.05, 4.69) is 10.6 Å². The molecule has 7 nitrogen and oxygen atoms in total.